The second-order valence-corrected chi connectivity index (χ2v) is 4.26. The highest BCUT2D eigenvalue weighted by atomic mass is 19.4. The molecule has 1 aromatic rings. The average Bonchev–Trinajstić information content (AvgIpc) is 2.36. The van der Waals surface area contributed by atoms with Crippen LogP contribution in [-0.2, 0) is 0 Å². The summed E-state index contributed by atoms with van der Waals surface area (Å²) in [5.74, 6) is -0.590. The first-order chi connectivity index (χ1) is 9.42. The maximum absolute atomic E-state index is 13.1. The van der Waals surface area contributed by atoms with Gasteiger partial charge < -0.3 is 15.2 Å². The number of hydrogen-bond donors (Lipinski definition) is 2. The summed E-state index contributed by atoms with van der Waals surface area (Å²) in [6, 6.07) is 3.30. The van der Waals surface area contributed by atoms with Gasteiger partial charge in [-0.05, 0) is 31.4 Å². The van der Waals surface area contributed by atoms with Gasteiger partial charge in [-0.15, -0.1) is 0 Å². The molecular formula is C13H17F4NO2. The van der Waals surface area contributed by atoms with Crippen LogP contribution in [0.25, 0.3) is 0 Å². The first kappa shape index (κ1) is 16.6. The summed E-state index contributed by atoms with van der Waals surface area (Å²) >= 11 is 0. The van der Waals surface area contributed by atoms with Gasteiger partial charge >= 0.3 is 6.18 Å². The predicted molar refractivity (Wildman–Crippen MR) is 67.4 cm³/mol. The molecular weight excluding hydrogens is 278 g/mol. The summed E-state index contributed by atoms with van der Waals surface area (Å²) in [7, 11) is 0. The van der Waals surface area contributed by atoms with Crippen LogP contribution in [0.1, 0.15) is 19.3 Å². The van der Waals surface area contributed by atoms with Crippen LogP contribution in [0.5, 0.6) is 5.75 Å². The number of aliphatic hydroxyl groups is 1. The van der Waals surface area contributed by atoms with Crippen molar-refractivity contribution in [2.24, 2.45) is 0 Å². The second kappa shape index (κ2) is 7.94. The van der Waals surface area contributed by atoms with Gasteiger partial charge in [0.1, 0.15) is 11.6 Å². The Hall–Kier alpha value is -1.50. The molecule has 0 saturated heterocycles. The Morgan fingerprint density at radius 1 is 1.15 bits per heavy atom. The lowest BCUT2D eigenvalue weighted by molar-refractivity contribution is -0.153. The van der Waals surface area contributed by atoms with Gasteiger partial charge in [-0.2, -0.15) is 13.2 Å². The van der Waals surface area contributed by atoms with Crippen molar-refractivity contribution in [3.63, 3.8) is 0 Å². The van der Waals surface area contributed by atoms with Gasteiger partial charge in [-0.25, -0.2) is 4.39 Å². The molecule has 3 nitrogen and oxygen atoms in total. The van der Waals surface area contributed by atoms with Crippen molar-refractivity contribution in [3.05, 3.63) is 24.0 Å². The number of anilines is 1. The lowest BCUT2D eigenvalue weighted by atomic mass is 10.2. The van der Waals surface area contributed by atoms with E-state index in [1.807, 2.05) is 0 Å². The highest BCUT2D eigenvalue weighted by molar-refractivity contribution is 5.56. The molecule has 0 spiro atoms. The second-order valence-electron chi connectivity index (χ2n) is 4.26. The van der Waals surface area contributed by atoms with Crippen molar-refractivity contribution < 1.29 is 27.4 Å². The molecule has 20 heavy (non-hydrogen) atoms. The van der Waals surface area contributed by atoms with Gasteiger partial charge in [-0.1, -0.05) is 0 Å². The van der Waals surface area contributed by atoms with Crippen LogP contribution in [0.15, 0.2) is 18.2 Å². The van der Waals surface area contributed by atoms with E-state index in [0.29, 0.717) is 13.0 Å². The largest absolute Gasteiger partial charge is 0.482 e. The average molecular weight is 295 g/mol. The van der Waals surface area contributed by atoms with E-state index < -0.39 is 18.6 Å². The van der Waals surface area contributed by atoms with E-state index in [1.54, 1.807) is 0 Å². The predicted octanol–water partition coefficient (Wildman–Crippen LogP) is 3.34. The summed E-state index contributed by atoms with van der Waals surface area (Å²) in [6.45, 7) is -0.858. The van der Waals surface area contributed by atoms with Crippen molar-refractivity contribution in [1.29, 1.82) is 0 Å². The molecule has 0 aliphatic carbocycles. The Bertz CT molecular complexity index is 410. The molecule has 7 heteroatoms. The minimum absolute atomic E-state index is 0.0362. The fourth-order valence-electron chi connectivity index (χ4n) is 1.56. The van der Waals surface area contributed by atoms with E-state index >= 15 is 0 Å². The van der Waals surface area contributed by atoms with Crippen molar-refractivity contribution in [2.75, 3.05) is 25.1 Å². The van der Waals surface area contributed by atoms with E-state index in [-0.39, 0.29) is 18.0 Å². The molecule has 0 unspecified atom stereocenters. The Balaban J connectivity index is 2.56. The zero-order valence-electron chi connectivity index (χ0n) is 10.8. The normalized spacial score (nSPS) is 11.4. The Morgan fingerprint density at radius 2 is 1.90 bits per heavy atom. The van der Waals surface area contributed by atoms with E-state index in [0.717, 1.165) is 31.0 Å². The zero-order valence-corrected chi connectivity index (χ0v) is 10.8. The number of hydrogen-bond acceptors (Lipinski definition) is 3. The van der Waals surface area contributed by atoms with Crippen molar-refractivity contribution >= 4 is 5.69 Å². The summed E-state index contributed by atoms with van der Waals surface area (Å²) < 4.78 is 54.0. The molecule has 1 rings (SSSR count). The fourth-order valence-corrected chi connectivity index (χ4v) is 1.56. The van der Waals surface area contributed by atoms with Crippen LogP contribution in [0.4, 0.5) is 23.2 Å². The van der Waals surface area contributed by atoms with Crippen molar-refractivity contribution in [3.8, 4) is 5.75 Å². The minimum Gasteiger partial charge on any atom is -0.482 e. The third kappa shape index (κ3) is 6.60. The molecule has 1 aromatic carbocycles. The lowest BCUT2D eigenvalue weighted by Crippen LogP contribution is -2.19. The lowest BCUT2D eigenvalue weighted by Gasteiger charge is -2.14. The molecule has 0 aromatic heterocycles. The SMILES string of the molecule is OCCCCCNc1cc(F)ccc1OCC(F)(F)F. The maximum atomic E-state index is 13.1. The number of benzene rings is 1. The van der Waals surface area contributed by atoms with Gasteiger partial charge in [0.2, 0.25) is 0 Å². The number of halogens is 4. The van der Waals surface area contributed by atoms with Gasteiger partial charge in [-0.3, -0.25) is 0 Å². The Morgan fingerprint density at radius 3 is 2.55 bits per heavy atom. The summed E-state index contributed by atoms with van der Waals surface area (Å²) in [6.07, 6.45) is -2.29. The van der Waals surface area contributed by atoms with Crippen molar-refractivity contribution in [2.45, 2.75) is 25.4 Å². The first-order valence-electron chi connectivity index (χ1n) is 6.26. The summed E-state index contributed by atoms with van der Waals surface area (Å²) in [5, 5.41) is 11.4. The number of alkyl halides is 3. The standard InChI is InChI=1S/C13H17F4NO2/c14-10-4-5-12(20-9-13(15,16)17)11(8-10)18-6-2-1-3-7-19/h4-5,8,18-19H,1-3,6-7,9H2. The van der Waals surface area contributed by atoms with Crippen LogP contribution in [0, 0.1) is 5.82 Å². The molecule has 0 aliphatic rings. The number of nitrogens with one attached hydrogen (secondary N) is 1. The van der Waals surface area contributed by atoms with Gasteiger partial charge in [0, 0.05) is 19.2 Å². The third-order valence-corrected chi connectivity index (χ3v) is 2.48. The molecule has 114 valence electrons. The number of ether oxygens (including phenoxy) is 1. The molecule has 0 radical (unpaired) electrons. The van der Waals surface area contributed by atoms with Crippen LogP contribution >= 0.6 is 0 Å². The van der Waals surface area contributed by atoms with E-state index in [2.05, 4.69) is 10.1 Å². The topological polar surface area (TPSA) is 41.5 Å². The zero-order chi connectivity index (χ0) is 15.0. The van der Waals surface area contributed by atoms with E-state index in [9.17, 15) is 17.6 Å². The monoisotopic (exact) mass is 295 g/mol. The van der Waals surface area contributed by atoms with Gasteiger partial charge in [0.25, 0.3) is 0 Å². The highest BCUT2D eigenvalue weighted by Crippen LogP contribution is 2.27. The van der Waals surface area contributed by atoms with Gasteiger partial charge in [0.15, 0.2) is 6.61 Å². The van der Waals surface area contributed by atoms with Crippen LogP contribution < -0.4 is 10.1 Å². The Labute approximate surface area is 114 Å². The maximum Gasteiger partial charge on any atom is 0.422 e. The summed E-state index contributed by atoms with van der Waals surface area (Å²) in [4.78, 5) is 0. The van der Waals surface area contributed by atoms with Crippen molar-refractivity contribution in [1.82, 2.24) is 0 Å². The molecule has 0 bridgehead atoms. The fraction of sp³-hybridized carbons (Fsp3) is 0.538. The Kier molecular flexibility index (Phi) is 6.57. The molecule has 0 amide bonds. The highest BCUT2D eigenvalue weighted by Gasteiger charge is 2.28. The summed E-state index contributed by atoms with van der Waals surface area (Å²) in [5.41, 5.74) is 0.193. The van der Waals surface area contributed by atoms with Gasteiger partial charge in [0.05, 0.1) is 5.69 Å². The molecule has 0 aliphatic heterocycles. The number of rotatable bonds is 8. The molecule has 0 saturated carbocycles. The molecule has 0 fully saturated rings. The minimum atomic E-state index is -4.44. The van der Waals surface area contributed by atoms with Crippen LogP contribution in [0.2, 0.25) is 0 Å². The smallest absolute Gasteiger partial charge is 0.422 e. The first-order valence-corrected chi connectivity index (χ1v) is 6.26. The van der Waals surface area contributed by atoms with E-state index in [1.165, 1.54) is 0 Å². The quantitative estimate of drug-likeness (QED) is 0.571. The molecule has 2 N–H and O–H groups in total. The third-order valence-electron chi connectivity index (χ3n) is 2.48. The molecule has 0 heterocycles. The van der Waals surface area contributed by atoms with Crippen LogP contribution in [0.3, 0.4) is 0 Å². The van der Waals surface area contributed by atoms with Crippen LogP contribution in [-0.4, -0.2) is 31.0 Å². The number of unbranched alkanes of at least 4 members (excludes halogenated alkanes) is 2. The molecule has 0 atom stereocenters. The van der Waals surface area contributed by atoms with E-state index in [4.69, 9.17) is 5.11 Å². The number of aliphatic hydroxyl groups excluding tert-OH is 1.